The van der Waals surface area contributed by atoms with Crippen LogP contribution in [-0.2, 0) is 6.42 Å². The van der Waals surface area contributed by atoms with Crippen LogP contribution in [-0.4, -0.2) is 22.1 Å². The molecule has 1 N–H and O–H groups in total. The van der Waals surface area contributed by atoms with Crippen molar-refractivity contribution >= 4 is 0 Å². The monoisotopic (exact) mass is 241 g/mol. The van der Waals surface area contributed by atoms with Crippen LogP contribution in [0.2, 0.25) is 0 Å². The van der Waals surface area contributed by atoms with Crippen LogP contribution in [0.15, 0.2) is 24.5 Å². The van der Waals surface area contributed by atoms with Gasteiger partial charge in [-0.25, -0.2) is 8.78 Å². The Kier molecular flexibility index (Phi) is 3.72. The molecule has 0 aromatic carbocycles. The maximum absolute atomic E-state index is 13.0. The molecule has 0 amide bonds. The Labute approximate surface area is 99.7 Å². The van der Waals surface area contributed by atoms with Crippen molar-refractivity contribution in [3.63, 3.8) is 0 Å². The van der Waals surface area contributed by atoms with Crippen LogP contribution in [0.5, 0.6) is 0 Å². The van der Waals surface area contributed by atoms with Crippen molar-refractivity contribution in [2.75, 3.05) is 0 Å². The molecule has 94 valence electrons. The fourth-order valence-corrected chi connectivity index (χ4v) is 2.50. The Bertz CT molecular complexity index is 356. The molecule has 1 heterocycles. The zero-order valence-corrected chi connectivity index (χ0v) is 9.65. The minimum Gasteiger partial charge on any atom is -0.393 e. The fourth-order valence-electron chi connectivity index (χ4n) is 2.50. The molecule has 0 aliphatic heterocycles. The molecule has 1 aliphatic rings. The predicted octanol–water partition coefficient (Wildman–Crippen LogP) is 2.81. The van der Waals surface area contributed by atoms with E-state index in [1.54, 1.807) is 12.4 Å². The third-order valence-electron chi connectivity index (χ3n) is 3.33. The molecule has 0 saturated heterocycles. The normalized spacial score (nSPS) is 24.8. The summed E-state index contributed by atoms with van der Waals surface area (Å²) in [6.45, 7) is 0. The summed E-state index contributed by atoms with van der Waals surface area (Å²) in [6.07, 6.45) is 4.23. The first kappa shape index (κ1) is 12.4. The van der Waals surface area contributed by atoms with Gasteiger partial charge >= 0.3 is 0 Å². The van der Waals surface area contributed by atoms with Gasteiger partial charge in [0.25, 0.3) is 0 Å². The zero-order valence-electron chi connectivity index (χ0n) is 9.65. The molecule has 4 heteroatoms. The lowest BCUT2D eigenvalue weighted by atomic mass is 9.96. The second kappa shape index (κ2) is 5.08. The second-order valence-electron chi connectivity index (χ2n) is 4.91. The van der Waals surface area contributed by atoms with E-state index in [0.717, 1.165) is 5.56 Å². The maximum atomic E-state index is 13.0. The molecule has 2 rings (SSSR count). The molecule has 2 unspecified atom stereocenters. The fraction of sp³-hybridized carbons (Fsp3) is 0.615. The van der Waals surface area contributed by atoms with Crippen LogP contribution in [0.4, 0.5) is 8.78 Å². The van der Waals surface area contributed by atoms with Crippen molar-refractivity contribution < 1.29 is 13.9 Å². The van der Waals surface area contributed by atoms with Crippen molar-refractivity contribution in [1.29, 1.82) is 0 Å². The third-order valence-corrected chi connectivity index (χ3v) is 3.33. The van der Waals surface area contributed by atoms with Crippen LogP contribution in [0, 0.1) is 5.92 Å². The first-order valence-electron chi connectivity index (χ1n) is 6.00. The topological polar surface area (TPSA) is 33.1 Å². The number of rotatable bonds is 4. The van der Waals surface area contributed by atoms with Crippen LogP contribution >= 0.6 is 0 Å². The summed E-state index contributed by atoms with van der Waals surface area (Å²) in [7, 11) is 0. The lowest BCUT2D eigenvalue weighted by Gasteiger charge is -2.15. The molecule has 1 aromatic heterocycles. The molecule has 17 heavy (non-hydrogen) atoms. The number of aliphatic hydroxyl groups is 1. The third kappa shape index (κ3) is 3.73. The van der Waals surface area contributed by atoms with E-state index in [0.29, 0.717) is 19.3 Å². The number of aromatic nitrogens is 1. The minimum atomic E-state index is -2.51. The van der Waals surface area contributed by atoms with Gasteiger partial charge in [0.1, 0.15) is 0 Å². The van der Waals surface area contributed by atoms with Crippen LogP contribution in [0.3, 0.4) is 0 Å². The number of alkyl halides is 2. The largest absolute Gasteiger partial charge is 0.393 e. The van der Waals surface area contributed by atoms with E-state index in [9.17, 15) is 13.9 Å². The van der Waals surface area contributed by atoms with Gasteiger partial charge in [0, 0.05) is 25.2 Å². The Morgan fingerprint density at radius 3 is 2.71 bits per heavy atom. The van der Waals surface area contributed by atoms with Crippen molar-refractivity contribution in [2.24, 2.45) is 5.92 Å². The number of hydrogen-bond acceptors (Lipinski definition) is 2. The van der Waals surface area contributed by atoms with Crippen molar-refractivity contribution in [2.45, 2.75) is 44.1 Å². The van der Waals surface area contributed by atoms with Gasteiger partial charge in [0.15, 0.2) is 0 Å². The number of pyridine rings is 1. The van der Waals surface area contributed by atoms with Gasteiger partial charge in [-0.3, -0.25) is 4.98 Å². The molecule has 2 nitrogen and oxygen atoms in total. The highest BCUT2D eigenvalue weighted by Crippen LogP contribution is 2.40. The van der Waals surface area contributed by atoms with Crippen LogP contribution < -0.4 is 0 Å². The Balaban J connectivity index is 1.80. The Morgan fingerprint density at radius 1 is 1.41 bits per heavy atom. The lowest BCUT2D eigenvalue weighted by molar-refractivity contribution is 0.00264. The summed E-state index contributed by atoms with van der Waals surface area (Å²) < 4.78 is 26.0. The summed E-state index contributed by atoms with van der Waals surface area (Å²) in [5, 5.41) is 9.87. The number of nitrogens with zero attached hydrogens (tertiary/aromatic N) is 1. The lowest BCUT2D eigenvalue weighted by Crippen LogP contribution is -2.16. The summed E-state index contributed by atoms with van der Waals surface area (Å²) in [6, 6.07) is 3.68. The molecule has 0 radical (unpaired) electrons. The van der Waals surface area contributed by atoms with Gasteiger partial charge in [-0.1, -0.05) is 0 Å². The maximum Gasteiger partial charge on any atom is 0.248 e. The van der Waals surface area contributed by atoms with Crippen LogP contribution in [0.25, 0.3) is 0 Å². The second-order valence-corrected chi connectivity index (χ2v) is 4.91. The van der Waals surface area contributed by atoms with E-state index >= 15 is 0 Å². The van der Waals surface area contributed by atoms with Gasteiger partial charge in [-0.05, 0) is 42.9 Å². The molecule has 1 aliphatic carbocycles. The summed E-state index contributed by atoms with van der Waals surface area (Å²) in [5.41, 5.74) is 0.997. The number of halogens is 2. The predicted molar refractivity (Wildman–Crippen MR) is 60.9 cm³/mol. The standard InChI is InChI=1S/C13H17F2NO/c14-13(15)4-1-11(9-13)8-12(17)7-10-2-5-16-6-3-10/h2-3,5-6,11-12,17H,1,4,7-9H2. The summed E-state index contributed by atoms with van der Waals surface area (Å²) in [4.78, 5) is 3.89. The number of hydrogen-bond donors (Lipinski definition) is 1. The molecule has 1 fully saturated rings. The van der Waals surface area contributed by atoms with Gasteiger partial charge < -0.3 is 5.11 Å². The van der Waals surface area contributed by atoms with Crippen molar-refractivity contribution in [3.05, 3.63) is 30.1 Å². The molecular formula is C13H17F2NO. The molecule has 1 aromatic rings. The first-order valence-corrected chi connectivity index (χ1v) is 6.00. The molecule has 1 saturated carbocycles. The molecule has 0 bridgehead atoms. The number of aliphatic hydroxyl groups excluding tert-OH is 1. The van der Waals surface area contributed by atoms with Gasteiger partial charge in [-0.15, -0.1) is 0 Å². The smallest absolute Gasteiger partial charge is 0.248 e. The quantitative estimate of drug-likeness (QED) is 0.879. The Morgan fingerprint density at radius 2 is 2.12 bits per heavy atom. The van der Waals surface area contributed by atoms with E-state index in [-0.39, 0.29) is 18.8 Å². The van der Waals surface area contributed by atoms with E-state index < -0.39 is 12.0 Å². The minimum absolute atomic E-state index is 0.0281. The van der Waals surface area contributed by atoms with E-state index in [4.69, 9.17) is 0 Å². The highest BCUT2D eigenvalue weighted by Gasteiger charge is 2.39. The highest BCUT2D eigenvalue weighted by molar-refractivity contribution is 5.10. The molecule has 2 atom stereocenters. The van der Waals surface area contributed by atoms with Gasteiger partial charge in [0.05, 0.1) is 6.10 Å². The average molecular weight is 241 g/mol. The average Bonchev–Trinajstić information content (AvgIpc) is 2.59. The van der Waals surface area contributed by atoms with E-state index in [1.165, 1.54) is 0 Å². The Hall–Kier alpha value is -1.03. The molecule has 0 spiro atoms. The first-order chi connectivity index (χ1) is 8.05. The van der Waals surface area contributed by atoms with E-state index in [2.05, 4.69) is 4.98 Å². The highest BCUT2D eigenvalue weighted by atomic mass is 19.3. The molecular weight excluding hydrogens is 224 g/mol. The SMILES string of the molecule is OC(Cc1ccncc1)CC1CCC(F)(F)C1. The van der Waals surface area contributed by atoms with Crippen molar-refractivity contribution in [3.8, 4) is 0 Å². The van der Waals surface area contributed by atoms with Crippen LogP contribution in [0.1, 0.15) is 31.2 Å². The van der Waals surface area contributed by atoms with Gasteiger partial charge in [-0.2, -0.15) is 0 Å². The van der Waals surface area contributed by atoms with E-state index in [1.807, 2.05) is 12.1 Å². The van der Waals surface area contributed by atoms with Gasteiger partial charge in [0.2, 0.25) is 5.92 Å². The summed E-state index contributed by atoms with van der Waals surface area (Å²) >= 11 is 0. The summed E-state index contributed by atoms with van der Waals surface area (Å²) in [5.74, 6) is -2.55. The zero-order chi connectivity index (χ0) is 12.3. The van der Waals surface area contributed by atoms with Crippen molar-refractivity contribution in [1.82, 2.24) is 4.98 Å².